The molecule has 2 heterocycles. The maximum Gasteiger partial charge on any atom is 0.352 e. The molecule has 0 aromatic carbocycles. The second-order valence-corrected chi connectivity index (χ2v) is 6.45. The quantitative estimate of drug-likeness (QED) is 0.864. The summed E-state index contributed by atoms with van der Waals surface area (Å²) in [7, 11) is -2.44. The molecule has 2 aromatic rings. The highest BCUT2D eigenvalue weighted by Crippen LogP contribution is 2.22. The second kappa shape index (κ2) is 5.25. The first kappa shape index (κ1) is 14.5. The van der Waals surface area contributed by atoms with Crippen LogP contribution in [0.4, 0.5) is 5.82 Å². The SMILES string of the molecule is Cn1cc(S(=O)(=O)Nc2ncccc2Br)cc1C(=O)O. The smallest absolute Gasteiger partial charge is 0.352 e. The summed E-state index contributed by atoms with van der Waals surface area (Å²) in [4.78, 5) is 14.7. The fraction of sp³-hybridized carbons (Fsp3) is 0.0909. The molecule has 0 aliphatic carbocycles. The minimum Gasteiger partial charge on any atom is -0.477 e. The van der Waals surface area contributed by atoms with Gasteiger partial charge in [0.15, 0.2) is 5.82 Å². The number of nitrogens with one attached hydrogen (secondary N) is 1. The lowest BCUT2D eigenvalue weighted by Gasteiger charge is -2.06. The highest BCUT2D eigenvalue weighted by molar-refractivity contribution is 9.10. The molecule has 7 nitrogen and oxygen atoms in total. The molecular weight excluding hydrogens is 350 g/mol. The molecule has 20 heavy (non-hydrogen) atoms. The van der Waals surface area contributed by atoms with Crippen LogP contribution < -0.4 is 4.72 Å². The third kappa shape index (κ3) is 2.83. The average molecular weight is 360 g/mol. The summed E-state index contributed by atoms with van der Waals surface area (Å²) >= 11 is 3.18. The number of aromatic carboxylic acids is 1. The van der Waals surface area contributed by atoms with Crippen LogP contribution in [0, 0.1) is 0 Å². The second-order valence-electron chi connectivity index (χ2n) is 3.92. The van der Waals surface area contributed by atoms with Crippen molar-refractivity contribution in [3.8, 4) is 0 Å². The molecule has 2 aromatic heterocycles. The molecule has 0 spiro atoms. The molecule has 0 aliphatic heterocycles. The van der Waals surface area contributed by atoms with Gasteiger partial charge in [-0.15, -0.1) is 0 Å². The molecule has 0 saturated carbocycles. The van der Waals surface area contributed by atoms with E-state index in [0.717, 1.165) is 6.07 Å². The number of rotatable bonds is 4. The van der Waals surface area contributed by atoms with Crippen LogP contribution in [0.3, 0.4) is 0 Å². The van der Waals surface area contributed by atoms with Gasteiger partial charge in [-0.2, -0.15) is 0 Å². The van der Waals surface area contributed by atoms with E-state index in [1.165, 1.54) is 24.0 Å². The highest BCUT2D eigenvalue weighted by atomic mass is 79.9. The number of carbonyl (C=O) groups is 1. The van der Waals surface area contributed by atoms with Gasteiger partial charge in [-0.05, 0) is 34.1 Å². The summed E-state index contributed by atoms with van der Waals surface area (Å²) in [5, 5.41) is 8.92. The Morgan fingerprint density at radius 2 is 2.20 bits per heavy atom. The molecule has 0 fully saturated rings. The van der Waals surface area contributed by atoms with Gasteiger partial charge in [0.25, 0.3) is 10.0 Å². The average Bonchev–Trinajstić information content (AvgIpc) is 2.75. The number of carboxylic acids is 1. The Bertz CT molecular complexity index is 770. The molecular formula is C11H10BrN3O4S. The number of aromatic nitrogens is 2. The Morgan fingerprint density at radius 3 is 2.75 bits per heavy atom. The number of anilines is 1. The van der Waals surface area contributed by atoms with E-state index in [1.807, 2.05) is 0 Å². The number of halogens is 1. The zero-order valence-electron chi connectivity index (χ0n) is 10.2. The predicted molar refractivity (Wildman–Crippen MR) is 75.1 cm³/mol. The van der Waals surface area contributed by atoms with Crippen LogP contribution in [-0.4, -0.2) is 29.0 Å². The highest BCUT2D eigenvalue weighted by Gasteiger charge is 2.21. The van der Waals surface area contributed by atoms with E-state index in [0.29, 0.717) is 4.47 Å². The zero-order chi connectivity index (χ0) is 14.9. The molecule has 0 bridgehead atoms. The van der Waals surface area contributed by atoms with Crippen molar-refractivity contribution in [2.45, 2.75) is 4.90 Å². The first-order valence-corrected chi connectivity index (χ1v) is 7.62. The molecule has 0 aliphatic rings. The third-order valence-corrected chi connectivity index (χ3v) is 4.44. The molecule has 106 valence electrons. The summed E-state index contributed by atoms with van der Waals surface area (Å²) in [6.45, 7) is 0. The van der Waals surface area contributed by atoms with Crippen molar-refractivity contribution >= 4 is 37.7 Å². The molecule has 2 N–H and O–H groups in total. The van der Waals surface area contributed by atoms with Crippen LogP contribution >= 0.6 is 15.9 Å². The van der Waals surface area contributed by atoms with E-state index in [-0.39, 0.29) is 16.4 Å². The lowest BCUT2D eigenvalue weighted by Crippen LogP contribution is -2.13. The number of hydrogen-bond acceptors (Lipinski definition) is 4. The van der Waals surface area contributed by atoms with Crippen molar-refractivity contribution < 1.29 is 18.3 Å². The van der Waals surface area contributed by atoms with Gasteiger partial charge in [0.05, 0.1) is 4.47 Å². The van der Waals surface area contributed by atoms with Gasteiger partial charge in [0.2, 0.25) is 0 Å². The van der Waals surface area contributed by atoms with Crippen molar-refractivity contribution in [1.82, 2.24) is 9.55 Å². The lowest BCUT2D eigenvalue weighted by molar-refractivity contribution is 0.0686. The largest absolute Gasteiger partial charge is 0.477 e. The Kier molecular flexibility index (Phi) is 3.82. The van der Waals surface area contributed by atoms with Crippen molar-refractivity contribution in [2.24, 2.45) is 7.05 Å². The Morgan fingerprint density at radius 1 is 1.50 bits per heavy atom. The van der Waals surface area contributed by atoms with Gasteiger partial charge in [0, 0.05) is 19.4 Å². The van der Waals surface area contributed by atoms with Crippen LogP contribution in [0.5, 0.6) is 0 Å². The van der Waals surface area contributed by atoms with Crippen molar-refractivity contribution in [3.63, 3.8) is 0 Å². The van der Waals surface area contributed by atoms with Crippen LogP contribution in [0.25, 0.3) is 0 Å². The maximum atomic E-state index is 12.2. The van der Waals surface area contributed by atoms with Crippen molar-refractivity contribution in [2.75, 3.05) is 4.72 Å². The van der Waals surface area contributed by atoms with Crippen LogP contribution in [0.1, 0.15) is 10.5 Å². The van der Waals surface area contributed by atoms with Crippen molar-refractivity contribution in [3.05, 3.63) is 40.8 Å². The van der Waals surface area contributed by atoms with Gasteiger partial charge in [-0.3, -0.25) is 4.72 Å². The molecule has 2 rings (SSSR count). The Hall–Kier alpha value is -1.87. The summed E-state index contributed by atoms with van der Waals surface area (Å²) in [5.74, 6) is -1.07. The monoisotopic (exact) mass is 359 g/mol. The predicted octanol–water partition coefficient (Wildman–Crippen LogP) is 1.68. The van der Waals surface area contributed by atoms with E-state index in [2.05, 4.69) is 25.6 Å². The fourth-order valence-electron chi connectivity index (χ4n) is 1.54. The Labute approximate surface area is 123 Å². The minimum atomic E-state index is -3.90. The van der Waals surface area contributed by atoms with Crippen LogP contribution in [0.2, 0.25) is 0 Å². The summed E-state index contributed by atoms with van der Waals surface area (Å²) in [5.41, 5.74) is -0.120. The molecule has 0 amide bonds. The van der Waals surface area contributed by atoms with Gasteiger partial charge in [0.1, 0.15) is 10.6 Å². The number of pyridine rings is 1. The molecule has 9 heteroatoms. The maximum absolute atomic E-state index is 12.2. The number of aryl methyl sites for hydroxylation is 1. The van der Waals surface area contributed by atoms with E-state index in [1.54, 1.807) is 12.1 Å². The van der Waals surface area contributed by atoms with Crippen molar-refractivity contribution in [1.29, 1.82) is 0 Å². The fourth-order valence-corrected chi connectivity index (χ4v) is 3.12. The van der Waals surface area contributed by atoms with E-state index in [9.17, 15) is 13.2 Å². The van der Waals surface area contributed by atoms with Gasteiger partial charge < -0.3 is 9.67 Å². The Balaban J connectivity index is 2.39. The number of carboxylic acid groups (broad SMARTS) is 1. The summed E-state index contributed by atoms with van der Waals surface area (Å²) < 4.78 is 28.3. The first-order chi connectivity index (χ1) is 9.31. The molecule has 0 saturated heterocycles. The minimum absolute atomic E-state index is 0.120. The van der Waals surface area contributed by atoms with Gasteiger partial charge in [-0.1, -0.05) is 0 Å². The number of sulfonamides is 1. The standard InChI is InChI=1S/C11H10BrN3O4S/c1-15-6-7(5-9(15)11(16)17)20(18,19)14-10-8(12)3-2-4-13-10/h2-6H,1H3,(H,13,14)(H,16,17). The topological polar surface area (TPSA) is 101 Å². The molecule has 0 unspecified atom stereocenters. The third-order valence-electron chi connectivity index (χ3n) is 2.50. The number of nitrogens with zero attached hydrogens (tertiary/aromatic N) is 2. The van der Waals surface area contributed by atoms with E-state index >= 15 is 0 Å². The first-order valence-electron chi connectivity index (χ1n) is 5.34. The number of hydrogen-bond donors (Lipinski definition) is 2. The summed E-state index contributed by atoms with van der Waals surface area (Å²) in [6.07, 6.45) is 2.67. The lowest BCUT2D eigenvalue weighted by atomic mass is 10.4. The van der Waals surface area contributed by atoms with E-state index < -0.39 is 16.0 Å². The van der Waals surface area contributed by atoms with Crippen LogP contribution in [0.15, 0.2) is 40.0 Å². The summed E-state index contributed by atoms with van der Waals surface area (Å²) in [6, 6.07) is 4.37. The molecule has 0 atom stereocenters. The molecule has 0 radical (unpaired) electrons. The zero-order valence-corrected chi connectivity index (χ0v) is 12.6. The van der Waals surface area contributed by atoms with E-state index in [4.69, 9.17) is 5.11 Å². The van der Waals surface area contributed by atoms with Gasteiger partial charge >= 0.3 is 5.97 Å². The normalized spacial score (nSPS) is 11.3. The van der Waals surface area contributed by atoms with Gasteiger partial charge in [-0.25, -0.2) is 18.2 Å². The van der Waals surface area contributed by atoms with Crippen LogP contribution in [-0.2, 0) is 17.1 Å².